The van der Waals surface area contributed by atoms with Crippen molar-refractivity contribution in [3.8, 4) is 17.1 Å². The van der Waals surface area contributed by atoms with Crippen LogP contribution in [0.15, 0.2) is 97.1 Å². The van der Waals surface area contributed by atoms with Gasteiger partial charge >= 0.3 is 5.97 Å². The molecule has 0 saturated carbocycles. The van der Waals surface area contributed by atoms with Gasteiger partial charge in [-0.1, -0.05) is 74.9 Å². The smallest absolute Gasteiger partial charge is 0.329 e. The third-order valence-electron chi connectivity index (χ3n) is 7.62. The molecule has 0 radical (unpaired) electrons. The van der Waals surface area contributed by atoms with Crippen LogP contribution in [-0.4, -0.2) is 37.4 Å². The SMILES string of the molecule is CC[C@H](C)[C@H](NC(=O)c1cc(-c2nc3ccccc3c3nc4ccccc4n23)ccc1O)C(=O)OCc1ccccc1. The third-order valence-corrected chi connectivity index (χ3v) is 7.62. The summed E-state index contributed by atoms with van der Waals surface area (Å²) in [5.41, 5.74) is 4.69. The molecule has 210 valence electrons. The van der Waals surface area contributed by atoms with E-state index >= 15 is 0 Å². The van der Waals surface area contributed by atoms with Crippen LogP contribution in [0, 0.1) is 5.92 Å². The van der Waals surface area contributed by atoms with E-state index in [2.05, 4.69) is 5.32 Å². The monoisotopic (exact) mass is 558 g/mol. The summed E-state index contributed by atoms with van der Waals surface area (Å²) in [7, 11) is 0. The first-order valence-electron chi connectivity index (χ1n) is 14.0. The van der Waals surface area contributed by atoms with Gasteiger partial charge in [-0.15, -0.1) is 0 Å². The molecule has 0 unspecified atom stereocenters. The van der Waals surface area contributed by atoms with Crippen LogP contribution in [0.3, 0.4) is 0 Å². The number of benzene rings is 4. The summed E-state index contributed by atoms with van der Waals surface area (Å²) in [5, 5.41) is 14.5. The van der Waals surface area contributed by atoms with Gasteiger partial charge in [0.1, 0.15) is 29.9 Å². The van der Waals surface area contributed by atoms with Gasteiger partial charge in [0.15, 0.2) is 0 Å². The number of carbonyl (C=O) groups excluding carboxylic acids is 2. The molecule has 6 rings (SSSR count). The second-order valence-electron chi connectivity index (χ2n) is 10.4. The fourth-order valence-corrected chi connectivity index (χ4v) is 5.10. The van der Waals surface area contributed by atoms with Gasteiger partial charge in [-0.2, -0.15) is 0 Å². The van der Waals surface area contributed by atoms with Crippen LogP contribution in [0.4, 0.5) is 0 Å². The van der Waals surface area contributed by atoms with Crippen LogP contribution < -0.4 is 5.32 Å². The minimum atomic E-state index is -0.891. The van der Waals surface area contributed by atoms with E-state index in [0.29, 0.717) is 17.8 Å². The highest BCUT2D eigenvalue weighted by Crippen LogP contribution is 2.31. The first-order chi connectivity index (χ1) is 20.4. The molecule has 0 aliphatic heterocycles. The summed E-state index contributed by atoms with van der Waals surface area (Å²) >= 11 is 0. The number of para-hydroxylation sites is 3. The topological polar surface area (TPSA) is 106 Å². The predicted molar refractivity (Wildman–Crippen MR) is 162 cm³/mol. The van der Waals surface area contributed by atoms with Crippen molar-refractivity contribution >= 4 is 39.5 Å². The molecule has 1 amide bonds. The van der Waals surface area contributed by atoms with E-state index in [0.717, 1.165) is 33.1 Å². The standard InChI is InChI=1S/C34H30N4O4/c1-3-21(2)30(34(41)42-20-22-11-5-4-6-12-22)37-33(40)25-19-23(17-18-29(25)39)31-35-26-14-8-7-13-24(26)32-36-27-15-9-10-16-28(27)38(31)32/h4-19,21,30,39H,3,20H2,1-2H3,(H,37,40)/t21-,30-/m0/s1. The Morgan fingerprint density at radius 3 is 2.40 bits per heavy atom. The highest BCUT2D eigenvalue weighted by Gasteiger charge is 2.29. The Kier molecular flexibility index (Phi) is 7.27. The van der Waals surface area contributed by atoms with Crippen LogP contribution in [-0.2, 0) is 16.1 Å². The quantitative estimate of drug-likeness (QED) is 0.213. The van der Waals surface area contributed by atoms with Gasteiger partial charge in [0.2, 0.25) is 0 Å². The van der Waals surface area contributed by atoms with E-state index < -0.39 is 17.9 Å². The number of nitrogens with zero attached hydrogens (tertiary/aromatic N) is 3. The minimum absolute atomic E-state index is 0.0317. The first kappa shape index (κ1) is 27.0. The lowest BCUT2D eigenvalue weighted by Gasteiger charge is -2.23. The normalized spacial score (nSPS) is 12.8. The largest absolute Gasteiger partial charge is 0.507 e. The fraction of sp³-hybridized carbons (Fsp3) is 0.176. The zero-order valence-corrected chi connectivity index (χ0v) is 23.3. The molecule has 2 N–H and O–H groups in total. The van der Waals surface area contributed by atoms with E-state index in [1.54, 1.807) is 12.1 Å². The van der Waals surface area contributed by atoms with Gasteiger partial charge in [0.25, 0.3) is 5.91 Å². The van der Waals surface area contributed by atoms with E-state index in [1.807, 2.05) is 97.1 Å². The molecule has 42 heavy (non-hydrogen) atoms. The van der Waals surface area contributed by atoms with Crippen LogP contribution >= 0.6 is 0 Å². The van der Waals surface area contributed by atoms with Crippen LogP contribution in [0.2, 0.25) is 0 Å². The molecule has 0 spiro atoms. The van der Waals surface area contributed by atoms with Crippen molar-refractivity contribution in [2.45, 2.75) is 32.9 Å². The van der Waals surface area contributed by atoms with Crippen molar-refractivity contribution in [1.29, 1.82) is 0 Å². The maximum Gasteiger partial charge on any atom is 0.329 e. The summed E-state index contributed by atoms with van der Waals surface area (Å²) in [5.74, 6) is -0.929. The Bertz CT molecular complexity index is 1930. The Morgan fingerprint density at radius 2 is 1.62 bits per heavy atom. The summed E-state index contributed by atoms with van der Waals surface area (Å²) in [6, 6.07) is 28.8. The van der Waals surface area contributed by atoms with E-state index in [-0.39, 0.29) is 23.8 Å². The number of aromatic hydroxyl groups is 1. The minimum Gasteiger partial charge on any atom is -0.507 e. The summed E-state index contributed by atoms with van der Waals surface area (Å²) in [6.07, 6.45) is 0.643. The Balaban J connectivity index is 1.37. The van der Waals surface area contributed by atoms with Crippen molar-refractivity contribution in [3.63, 3.8) is 0 Å². The number of rotatable bonds is 8. The van der Waals surface area contributed by atoms with Gasteiger partial charge in [-0.3, -0.25) is 9.20 Å². The molecule has 6 aromatic rings. The molecule has 0 aliphatic carbocycles. The molecule has 2 atom stereocenters. The zero-order valence-electron chi connectivity index (χ0n) is 23.3. The van der Waals surface area contributed by atoms with E-state index in [4.69, 9.17) is 14.7 Å². The van der Waals surface area contributed by atoms with Crippen molar-refractivity contribution in [3.05, 3.63) is 108 Å². The van der Waals surface area contributed by atoms with Crippen LogP contribution in [0.5, 0.6) is 5.75 Å². The molecule has 8 nitrogen and oxygen atoms in total. The number of esters is 1. The number of amides is 1. The molecule has 0 aliphatic rings. The van der Waals surface area contributed by atoms with Gasteiger partial charge in [-0.05, 0) is 53.9 Å². The average Bonchev–Trinajstić information content (AvgIpc) is 3.42. The Hall–Kier alpha value is -5.24. The number of imidazole rings is 1. The molecule has 8 heteroatoms. The van der Waals surface area contributed by atoms with Crippen LogP contribution in [0.25, 0.3) is 39.0 Å². The van der Waals surface area contributed by atoms with E-state index in [1.165, 1.54) is 6.07 Å². The highest BCUT2D eigenvalue weighted by atomic mass is 16.5. The van der Waals surface area contributed by atoms with Gasteiger partial charge < -0.3 is 15.2 Å². The summed E-state index contributed by atoms with van der Waals surface area (Å²) in [6.45, 7) is 3.93. The molecule has 0 saturated heterocycles. The number of nitrogens with one attached hydrogen (secondary N) is 1. The number of phenols is 1. The number of hydrogen-bond donors (Lipinski definition) is 2. The maximum atomic E-state index is 13.6. The molecule has 2 aromatic heterocycles. The lowest BCUT2D eigenvalue weighted by molar-refractivity contribution is -0.148. The summed E-state index contributed by atoms with van der Waals surface area (Å²) < 4.78 is 7.52. The van der Waals surface area contributed by atoms with Crippen molar-refractivity contribution < 1.29 is 19.4 Å². The molecule has 0 bridgehead atoms. The number of fused-ring (bicyclic) bond motifs is 5. The first-order valence-corrected chi connectivity index (χ1v) is 14.0. The molecular formula is C34H30N4O4. The van der Waals surface area contributed by atoms with Gasteiger partial charge in [0.05, 0.1) is 22.1 Å². The number of ether oxygens (including phenoxy) is 1. The fourth-order valence-electron chi connectivity index (χ4n) is 5.10. The number of hydrogen-bond acceptors (Lipinski definition) is 6. The molecular weight excluding hydrogens is 528 g/mol. The Labute approximate surface area is 242 Å². The third kappa shape index (κ3) is 5.03. The second kappa shape index (κ2) is 11.3. The van der Waals surface area contributed by atoms with Crippen molar-refractivity contribution in [2.24, 2.45) is 5.92 Å². The lowest BCUT2D eigenvalue weighted by Crippen LogP contribution is -2.46. The number of aromatic nitrogens is 3. The maximum absolute atomic E-state index is 13.6. The van der Waals surface area contributed by atoms with Crippen LogP contribution in [0.1, 0.15) is 36.2 Å². The van der Waals surface area contributed by atoms with E-state index in [9.17, 15) is 14.7 Å². The molecule has 0 fully saturated rings. The summed E-state index contributed by atoms with van der Waals surface area (Å²) in [4.78, 5) is 36.5. The number of carbonyl (C=O) groups is 2. The van der Waals surface area contributed by atoms with Crippen molar-refractivity contribution in [2.75, 3.05) is 0 Å². The van der Waals surface area contributed by atoms with Gasteiger partial charge in [-0.25, -0.2) is 14.8 Å². The molecule has 4 aromatic carbocycles. The average molecular weight is 559 g/mol. The molecule has 2 heterocycles. The zero-order chi connectivity index (χ0) is 29.2. The van der Waals surface area contributed by atoms with Crippen molar-refractivity contribution in [1.82, 2.24) is 19.7 Å². The highest BCUT2D eigenvalue weighted by molar-refractivity contribution is 6.01. The second-order valence-corrected chi connectivity index (χ2v) is 10.4. The van der Waals surface area contributed by atoms with Gasteiger partial charge in [0, 0.05) is 10.9 Å². The number of phenolic OH excluding ortho intramolecular Hbond substituents is 1. The predicted octanol–water partition coefficient (Wildman–Crippen LogP) is 6.30. The Morgan fingerprint density at radius 1 is 0.905 bits per heavy atom. The lowest BCUT2D eigenvalue weighted by atomic mass is 9.98.